The second-order valence-corrected chi connectivity index (χ2v) is 9.29. The lowest BCUT2D eigenvalue weighted by molar-refractivity contribution is -0.141. The van der Waals surface area contributed by atoms with Crippen LogP contribution in [0.25, 0.3) is 11.1 Å². The van der Waals surface area contributed by atoms with E-state index in [1.54, 1.807) is 18.2 Å². The Balaban J connectivity index is 2.03. The Morgan fingerprint density at radius 1 is 1.17 bits per heavy atom. The van der Waals surface area contributed by atoms with Crippen LogP contribution in [-0.2, 0) is 19.6 Å². The Morgan fingerprint density at radius 2 is 1.90 bits per heavy atom. The molecule has 2 aromatic rings. The second-order valence-electron chi connectivity index (χ2n) is 7.64. The van der Waals surface area contributed by atoms with Crippen molar-refractivity contribution in [1.82, 2.24) is 4.72 Å². The third kappa shape index (κ3) is 5.19. The molecular formula is C24H27NO4S. The summed E-state index contributed by atoms with van der Waals surface area (Å²) >= 11 is 0. The Morgan fingerprint density at radius 3 is 2.53 bits per heavy atom. The van der Waals surface area contributed by atoms with Crippen LogP contribution < -0.4 is 4.72 Å². The van der Waals surface area contributed by atoms with Gasteiger partial charge in [0, 0.05) is 5.70 Å². The Hall–Kier alpha value is -2.86. The van der Waals surface area contributed by atoms with Crippen LogP contribution >= 0.6 is 0 Å². The summed E-state index contributed by atoms with van der Waals surface area (Å²) in [4.78, 5) is 12.0. The molecule has 0 saturated carbocycles. The SMILES string of the molecule is COC(=O)CC(C)c1ccc(-c2ccccc2)cc1S(=O)(=O)NC1=CCC(C)C=C1. The Kier molecular flexibility index (Phi) is 6.77. The molecule has 6 heteroatoms. The standard InChI is InChI=1S/C24H27NO4S/c1-17-9-12-21(13-10-17)25-30(27,28)23-16-20(19-7-5-4-6-8-19)11-14-22(23)18(2)15-24(26)29-3/h4-9,11-14,16-18,25H,10,15H2,1-3H3. The van der Waals surface area contributed by atoms with E-state index in [-0.39, 0.29) is 23.2 Å². The number of carbonyl (C=O) groups excluding carboxylic acids is 1. The molecule has 5 nitrogen and oxygen atoms in total. The number of rotatable bonds is 7. The molecule has 1 N–H and O–H groups in total. The summed E-state index contributed by atoms with van der Waals surface area (Å²) < 4.78 is 34.2. The molecule has 0 radical (unpaired) electrons. The molecule has 1 aliphatic rings. The van der Waals surface area contributed by atoms with E-state index < -0.39 is 10.0 Å². The molecule has 0 bridgehead atoms. The van der Waals surface area contributed by atoms with Crippen molar-refractivity contribution in [3.05, 3.63) is 78.0 Å². The topological polar surface area (TPSA) is 72.5 Å². The summed E-state index contributed by atoms with van der Waals surface area (Å²) in [5, 5.41) is 0. The van der Waals surface area contributed by atoms with Crippen molar-refractivity contribution >= 4 is 16.0 Å². The number of benzene rings is 2. The van der Waals surface area contributed by atoms with E-state index in [2.05, 4.69) is 11.6 Å². The van der Waals surface area contributed by atoms with E-state index in [0.29, 0.717) is 17.2 Å². The molecule has 0 aromatic heterocycles. The van der Waals surface area contributed by atoms with Crippen LogP contribution in [0.1, 0.15) is 38.2 Å². The van der Waals surface area contributed by atoms with Crippen LogP contribution in [0.4, 0.5) is 0 Å². The van der Waals surface area contributed by atoms with Gasteiger partial charge in [-0.15, -0.1) is 0 Å². The minimum atomic E-state index is -3.85. The van der Waals surface area contributed by atoms with Crippen LogP contribution in [-0.4, -0.2) is 21.5 Å². The maximum absolute atomic E-state index is 13.3. The summed E-state index contributed by atoms with van der Waals surface area (Å²) in [5.41, 5.74) is 2.87. The van der Waals surface area contributed by atoms with E-state index in [1.165, 1.54) is 7.11 Å². The zero-order valence-electron chi connectivity index (χ0n) is 17.5. The lowest BCUT2D eigenvalue weighted by Crippen LogP contribution is -2.25. The lowest BCUT2D eigenvalue weighted by Gasteiger charge is -2.19. The molecule has 0 aliphatic heterocycles. The number of nitrogens with one attached hydrogen (secondary N) is 1. The second kappa shape index (κ2) is 9.30. The molecule has 2 aromatic carbocycles. The van der Waals surface area contributed by atoms with Gasteiger partial charge in [-0.1, -0.05) is 68.5 Å². The van der Waals surface area contributed by atoms with Crippen LogP contribution in [0, 0.1) is 5.92 Å². The highest BCUT2D eigenvalue weighted by Crippen LogP contribution is 2.32. The fraction of sp³-hybridized carbons (Fsp3) is 0.292. The first-order chi connectivity index (χ1) is 14.3. The lowest BCUT2D eigenvalue weighted by atomic mass is 9.95. The van der Waals surface area contributed by atoms with E-state index in [4.69, 9.17) is 4.74 Å². The molecule has 30 heavy (non-hydrogen) atoms. The van der Waals surface area contributed by atoms with E-state index in [1.807, 2.05) is 55.5 Å². The summed E-state index contributed by atoms with van der Waals surface area (Å²) in [6.07, 6.45) is 6.55. The summed E-state index contributed by atoms with van der Waals surface area (Å²) in [6, 6.07) is 15.0. The van der Waals surface area contributed by atoms with Gasteiger partial charge in [-0.2, -0.15) is 0 Å². The molecular weight excluding hydrogens is 398 g/mol. The highest BCUT2D eigenvalue weighted by molar-refractivity contribution is 7.89. The van der Waals surface area contributed by atoms with Crippen molar-refractivity contribution in [2.45, 2.75) is 37.5 Å². The van der Waals surface area contributed by atoms with Crippen molar-refractivity contribution in [3.63, 3.8) is 0 Å². The van der Waals surface area contributed by atoms with Gasteiger partial charge in [-0.05, 0) is 47.1 Å². The molecule has 0 heterocycles. The molecule has 2 atom stereocenters. The normalized spacial score (nSPS) is 17.2. The van der Waals surface area contributed by atoms with Crippen molar-refractivity contribution in [1.29, 1.82) is 0 Å². The minimum Gasteiger partial charge on any atom is -0.469 e. The molecule has 0 amide bonds. The molecule has 0 fully saturated rings. The quantitative estimate of drug-likeness (QED) is 0.648. The number of methoxy groups -OCH3 is 1. The maximum atomic E-state index is 13.3. The Labute approximate surface area is 178 Å². The van der Waals surface area contributed by atoms with Crippen molar-refractivity contribution in [2.24, 2.45) is 5.92 Å². The van der Waals surface area contributed by atoms with Crippen LogP contribution in [0.15, 0.2) is 77.4 Å². The predicted octanol–water partition coefficient (Wildman–Crippen LogP) is 4.78. The summed E-state index contributed by atoms with van der Waals surface area (Å²) in [7, 11) is -2.52. The van der Waals surface area contributed by atoms with Crippen LogP contribution in [0.2, 0.25) is 0 Å². The van der Waals surface area contributed by atoms with Crippen molar-refractivity contribution in [2.75, 3.05) is 7.11 Å². The smallest absolute Gasteiger partial charge is 0.306 e. The summed E-state index contributed by atoms with van der Waals surface area (Å²) in [6.45, 7) is 3.91. The fourth-order valence-corrected chi connectivity index (χ4v) is 4.87. The van der Waals surface area contributed by atoms with E-state index in [0.717, 1.165) is 17.5 Å². The highest BCUT2D eigenvalue weighted by Gasteiger charge is 2.25. The highest BCUT2D eigenvalue weighted by atomic mass is 32.2. The molecule has 158 valence electrons. The zero-order valence-corrected chi connectivity index (χ0v) is 18.3. The molecule has 2 unspecified atom stereocenters. The van der Waals surface area contributed by atoms with Crippen LogP contribution in [0.3, 0.4) is 0 Å². The van der Waals surface area contributed by atoms with Crippen LogP contribution in [0.5, 0.6) is 0 Å². The number of carbonyl (C=O) groups is 1. The predicted molar refractivity (Wildman–Crippen MR) is 118 cm³/mol. The number of allylic oxidation sites excluding steroid dienone is 3. The van der Waals surface area contributed by atoms with Gasteiger partial charge in [-0.3, -0.25) is 9.52 Å². The summed E-state index contributed by atoms with van der Waals surface area (Å²) in [5.74, 6) is -0.307. The Bertz CT molecular complexity index is 1070. The van der Waals surface area contributed by atoms with Gasteiger partial charge < -0.3 is 4.74 Å². The monoisotopic (exact) mass is 425 g/mol. The van der Waals surface area contributed by atoms with Gasteiger partial charge in [0.05, 0.1) is 18.4 Å². The van der Waals surface area contributed by atoms with Crippen molar-refractivity contribution < 1.29 is 17.9 Å². The van der Waals surface area contributed by atoms with Gasteiger partial charge in [0.25, 0.3) is 10.0 Å². The number of hydrogen-bond acceptors (Lipinski definition) is 4. The third-order valence-corrected chi connectivity index (χ3v) is 6.64. The van der Waals surface area contributed by atoms with E-state index in [9.17, 15) is 13.2 Å². The first-order valence-electron chi connectivity index (χ1n) is 9.97. The number of sulfonamides is 1. The van der Waals surface area contributed by atoms with Gasteiger partial charge in [0.2, 0.25) is 0 Å². The number of esters is 1. The molecule has 1 aliphatic carbocycles. The number of hydrogen-bond donors (Lipinski definition) is 1. The number of ether oxygens (including phenoxy) is 1. The first-order valence-corrected chi connectivity index (χ1v) is 11.5. The first kappa shape index (κ1) is 21.8. The van der Waals surface area contributed by atoms with Gasteiger partial charge >= 0.3 is 5.97 Å². The molecule has 3 rings (SSSR count). The zero-order chi connectivity index (χ0) is 21.7. The molecule has 0 spiro atoms. The van der Waals surface area contributed by atoms with Gasteiger partial charge in [0.15, 0.2) is 0 Å². The van der Waals surface area contributed by atoms with Gasteiger partial charge in [0.1, 0.15) is 0 Å². The minimum absolute atomic E-state index is 0.101. The average molecular weight is 426 g/mol. The van der Waals surface area contributed by atoms with Gasteiger partial charge in [-0.25, -0.2) is 8.42 Å². The van der Waals surface area contributed by atoms with E-state index >= 15 is 0 Å². The molecule has 0 saturated heterocycles. The largest absolute Gasteiger partial charge is 0.469 e. The average Bonchev–Trinajstić information content (AvgIpc) is 2.75. The van der Waals surface area contributed by atoms with Crippen molar-refractivity contribution in [3.8, 4) is 11.1 Å². The third-order valence-electron chi connectivity index (χ3n) is 5.21. The maximum Gasteiger partial charge on any atom is 0.306 e. The fourth-order valence-electron chi connectivity index (χ4n) is 3.44.